The van der Waals surface area contributed by atoms with Gasteiger partial charge in [-0.1, -0.05) is 91.0 Å². The van der Waals surface area contributed by atoms with Crippen LogP contribution in [0.1, 0.15) is 36.0 Å². The molecule has 1 saturated heterocycles. The van der Waals surface area contributed by atoms with E-state index in [4.69, 9.17) is 0 Å². The Morgan fingerprint density at radius 1 is 0.848 bits per heavy atom. The van der Waals surface area contributed by atoms with Crippen LogP contribution in [0.15, 0.2) is 91.0 Å². The molecule has 2 N–H and O–H groups in total. The van der Waals surface area contributed by atoms with Crippen molar-refractivity contribution in [3.63, 3.8) is 0 Å². The molecule has 0 radical (unpaired) electrons. The molecule has 0 saturated carbocycles. The quantitative estimate of drug-likeness (QED) is 0.590. The average Bonchev–Trinajstić information content (AvgIpc) is 2.87. The third kappa shape index (κ3) is 4.73. The smallest absolute Gasteiger partial charge is 0.237 e. The van der Waals surface area contributed by atoms with Crippen LogP contribution in [0.5, 0.6) is 0 Å². The zero-order valence-corrected chi connectivity index (χ0v) is 19.7. The largest absolute Gasteiger partial charge is 0.385 e. The average molecular weight is 444 g/mol. The second-order valence-corrected chi connectivity index (χ2v) is 9.48. The summed E-state index contributed by atoms with van der Waals surface area (Å²) in [5.41, 5.74) is 1.60. The predicted molar refractivity (Wildman–Crippen MR) is 132 cm³/mol. The van der Waals surface area contributed by atoms with Crippen molar-refractivity contribution in [2.75, 3.05) is 33.7 Å². The van der Waals surface area contributed by atoms with E-state index in [1.54, 1.807) is 4.90 Å². The summed E-state index contributed by atoms with van der Waals surface area (Å²) in [6.07, 6.45) is 2.19. The molecule has 1 aliphatic heterocycles. The third-order valence-electron chi connectivity index (χ3n) is 7.25. The molecule has 4 heteroatoms. The molecular formula is C29H35N2O2+. The maximum Gasteiger partial charge on any atom is 0.237 e. The van der Waals surface area contributed by atoms with Crippen LogP contribution in [0.2, 0.25) is 0 Å². The standard InChI is InChI=1S/C29H34N2O2/c1-30(2)27(32)29(25-14-8-4-9-15-25,26-16-10-5-11-17-26)20-23-31-21-18-28(33,19-22-31)24-12-6-3-7-13-24/h3-17,33H,18-23H2,1-2H3/p+1. The number of nitrogens with zero attached hydrogens (tertiary/aromatic N) is 1. The lowest BCUT2D eigenvalue weighted by atomic mass is 9.70. The predicted octanol–water partition coefficient (Wildman–Crippen LogP) is 3.02. The molecule has 3 aromatic carbocycles. The summed E-state index contributed by atoms with van der Waals surface area (Å²) in [4.78, 5) is 17.0. The third-order valence-corrected chi connectivity index (χ3v) is 7.25. The summed E-state index contributed by atoms with van der Waals surface area (Å²) in [6, 6.07) is 30.4. The Balaban J connectivity index is 1.59. The van der Waals surface area contributed by atoms with Crippen molar-refractivity contribution < 1.29 is 14.8 Å². The van der Waals surface area contributed by atoms with E-state index in [-0.39, 0.29) is 5.91 Å². The van der Waals surface area contributed by atoms with E-state index in [0.717, 1.165) is 55.6 Å². The minimum atomic E-state index is -0.750. The Morgan fingerprint density at radius 2 is 1.30 bits per heavy atom. The lowest BCUT2D eigenvalue weighted by Crippen LogP contribution is -3.13. The van der Waals surface area contributed by atoms with E-state index in [0.29, 0.717) is 0 Å². The zero-order valence-electron chi connectivity index (χ0n) is 19.7. The molecule has 33 heavy (non-hydrogen) atoms. The first-order valence-electron chi connectivity index (χ1n) is 11.9. The molecule has 0 atom stereocenters. The van der Waals surface area contributed by atoms with E-state index in [1.807, 2.05) is 80.8 Å². The number of hydrogen-bond acceptors (Lipinski definition) is 2. The summed E-state index contributed by atoms with van der Waals surface area (Å²) in [5, 5.41) is 11.2. The highest BCUT2D eigenvalue weighted by atomic mass is 16.3. The molecule has 1 heterocycles. The number of piperidine rings is 1. The van der Waals surface area contributed by atoms with E-state index in [1.165, 1.54) is 4.90 Å². The highest BCUT2D eigenvalue weighted by molar-refractivity contribution is 5.91. The van der Waals surface area contributed by atoms with Crippen molar-refractivity contribution in [3.05, 3.63) is 108 Å². The van der Waals surface area contributed by atoms with Gasteiger partial charge in [0.25, 0.3) is 0 Å². The van der Waals surface area contributed by atoms with Gasteiger partial charge in [-0.3, -0.25) is 4.79 Å². The molecule has 0 aromatic heterocycles. The summed E-state index contributed by atoms with van der Waals surface area (Å²) in [7, 11) is 3.69. The van der Waals surface area contributed by atoms with Crippen molar-refractivity contribution in [2.24, 2.45) is 0 Å². The molecule has 4 rings (SSSR count). The number of rotatable bonds is 7. The van der Waals surface area contributed by atoms with Crippen molar-refractivity contribution in [2.45, 2.75) is 30.3 Å². The Bertz CT molecular complexity index is 987. The summed E-state index contributed by atoms with van der Waals surface area (Å²) >= 11 is 0. The molecule has 0 aliphatic carbocycles. The van der Waals surface area contributed by atoms with Crippen LogP contribution in [-0.4, -0.2) is 49.6 Å². The van der Waals surface area contributed by atoms with Crippen molar-refractivity contribution in [1.29, 1.82) is 0 Å². The van der Waals surface area contributed by atoms with Crippen LogP contribution >= 0.6 is 0 Å². The molecule has 0 spiro atoms. The topological polar surface area (TPSA) is 45.0 Å². The van der Waals surface area contributed by atoms with Gasteiger partial charge in [0.2, 0.25) is 5.91 Å². The Morgan fingerprint density at radius 3 is 1.76 bits per heavy atom. The van der Waals surface area contributed by atoms with Crippen molar-refractivity contribution >= 4 is 5.91 Å². The normalized spacial score (nSPS) is 20.9. The molecule has 1 amide bonds. The fourth-order valence-electron chi connectivity index (χ4n) is 5.30. The number of carbonyl (C=O) groups excluding carboxylic acids is 1. The molecule has 0 bridgehead atoms. The zero-order chi connectivity index (χ0) is 23.3. The van der Waals surface area contributed by atoms with Crippen molar-refractivity contribution in [1.82, 2.24) is 4.90 Å². The van der Waals surface area contributed by atoms with Crippen LogP contribution in [0.25, 0.3) is 0 Å². The van der Waals surface area contributed by atoms with E-state index < -0.39 is 11.0 Å². The van der Waals surface area contributed by atoms with E-state index in [2.05, 4.69) is 24.3 Å². The lowest BCUT2D eigenvalue weighted by Gasteiger charge is -2.39. The molecule has 1 fully saturated rings. The Labute approximate surface area is 197 Å². The minimum Gasteiger partial charge on any atom is -0.385 e. The molecular weight excluding hydrogens is 408 g/mol. The second-order valence-electron chi connectivity index (χ2n) is 9.48. The number of quaternary nitrogens is 1. The van der Waals surface area contributed by atoms with Gasteiger partial charge in [-0.25, -0.2) is 0 Å². The number of benzene rings is 3. The van der Waals surface area contributed by atoms with Crippen molar-refractivity contribution in [3.8, 4) is 0 Å². The minimum absolute atomic E-state index is 0.108. The number of likely N-dealkylation sites (tertiary alicyclic amines) is 1. The number of amides is 1. The first-order valence-corrected chi connectivity index (χ1v) is 11.9. The second kappa shape index (κ2) is 9.90. The molecule has 0 unspecified atom stereocenters. The fourth-order valence-corrected chi connectivity index (χ4v) is 5.30. The molecule has 3 aromatic rings. The van der Waals surface area contributed by atoms with Crippen LogP contribution in [0.3, 0.4) is 0 Å². The number of aliphatic hydroxyl groups is 1. The first-order chi connectivity index (χ1) is 16.0. The highest BCUT2D eigenvalue weighted by Crippen LogP contribution is 2.37. The van der Waals surface area contributed by atoms with Gasteiger partial charge in [-0.2, -0.15) is 0 Å². The monoisotopic (exact) mass is 443 g/mol. The maximum absolute atomic E-state index is 13.8. The van der Waals surface area contributed by atoms with Gasteiger partial charge in [-0.05, 0) is 16.7 Å². The van der Waals surface area contributed by atoms with Gasteiger partial charge in [-0.15, -0.1) is 0 Å². The van der Waals surface area contributed by atoms with Gasteiger partial charge in [0.15, 0.2) is 0 Å². The molecule has 172 valence electrons. The van der Waals surface area contributed by atoms with Gasteiger partial charge in [0, 0.05) is 33.4 Å². The first kappa shape index (κ1) is 23.2. The van der Waals surface area contributed by atoms with Crippen LogP contribution in [-0.2, 0) is 15.8 Å². The Kier molecular flexibility index (Phi) is 6.96. The summed E-state index contributed by atoms with van der Waals surface area (Å²) in [5.74, 6) is 0.108. The van der Waals surface area contributed by atoms with Gasteiger partial charge in [0.1, 0.15) is 11.0 Å². The molecule has 4 nitrogen and oxygen atoms in total. The van der Waals surface area contributed by atoms with Gasteiger partial charge < -0.3 is 14.9 Å². The van der Waals surface area contributed by atoms with E-state index in [9.17, 15) is 9.90 Å². The number of carbonyl (C=O) groups is 1. The van der Waals surface area contributed by atoms with Crippen LogP contribution < -0.4 is 4.90 Å². The SMILES string of the molecule is CN(C)C(=O)C(CC[NH+]1CCC(O)(c2ccccc2)CC1)(c1ccccc1)c1ccccc1. The van der Waals surface area contributed by atoms with Crippen LogP contribution in [0.4, 0.5) is 0 Å². The van der Waals surface area contributed by atoms with Crippen LogP contribution in [0, 0.1) is 0 Å². The molecule has 1 aliphatic rings. The van der Waals surface area contributed by atoms with Gasteiger partial charge in [0.05, 0.1) is 19.6 Å². The maximum atomic E-state index is 13.8. The van der Waals surface area contributed by atoms with Gasteiger partial charge >= 0.3 is 0 Å². The number of hydrogen-bond donors (Lipinski definition) is 2. The summed E-state index contributed by atoms with van der Waals surface area (Å²) in [6.45, 7) is 2.65. The summed E-state index contributed by atoms with van der Waals surface area (Å²) < 4.78 is 0. The number of likely N-dealkylation sites (N-methyl/N-ethyl adjacent to an activating group) is 1. The highest BCUT2D eigenvalue weighted by Gasteiger charge is 2.44. The fraction of sp³-hybridized carbons (Fsp3) is 0.345. The number of nitrogens with one attached hydrogen (secondary N) is 1. The van der Waals surface area contributed by atoms with E-state index >= 15 is 0 Å². The Hall–Kier alpha value is -2.95. The lowest BCUT2D eigenvalue weighted by molar-refractivity contribution is -0.908.